The Kier molecular flexibility index (Phi) is 3.86. The Morgan fingerprint density at radius 3 is 2.53 bits per heavy atom. The smallest absolute Gasteiger partial charge is 0.228 e. The summed E-state index contributed by atoms with van der Waals surface area (Å²) in [6.45, 7) is 4.62. The molecule has 1 aromatic carbocycles. The van der Waals surface area contributed by atoms with Crippen molar-refractivity contribution in [1.82, 2.24) is 0 Å². The van der Waals surface area contributed by atoms with E-state index in [0.717, 1.165) is 25.8 Å². The van der Waals surface area contributed by atoms with Crippen molar-refractivity contribution >= 4 is 55.1 Å². The number of aryl methyl sites for hydroxylation is 1. The van der Waals surface area contributed by atoms with Crippen LogP contribution < -0.4 is 4.90 Å². The average Bonchev–Trinajstić information content (AvgIpc) is 2.60. The number of hydrogen-bond acceptors (Lipinski definition) is 1. The normalized spacial score (nSPS) is 20.2. The van der Waals surface area contributed by atoms with Crippen molar-refractivity contribution in [3.63, 3.8) is 0 Å². The summed E-state index contributed by atoms with van der Waals surface area (Å²) in [7, 11) is 0. The highest BCUT2D eigenvalue weighted by Crippen LogP contribution is 2.38. The Balaban J connectivity index is 2.50. The summed E-state index contributed by atoms with van der Waals surface area (Å²) in [6.07, 6.45) is 0.419. The summed E-state index contributed by atoms with van der Waals surface area (Å²) in [5.41, 5.74) is 3.13. The Bertz CT molecular complexity index is 490. The van der Waals surface area contributed by atoms with Crippen molar-refractivity contribution in [3.05, 3.63) is 26.1 Å². The average molecular weight is 381 g/mol. The number of halogens is 3. The second-order valence-electron chi connectivity index (χ2n) is 4.27. The minimum absolute atomic E-state index is 0.0846. The van der Waals surface area contributed by atoms with Crippen LogP contribution in [0.25, 0.3) is 0 Å². The fourth-order valence-corrected chi connectivity index (χ4v) is 3.38. The SMILES string of the molecule is Cc1cc(N2CC(Cl)CC2=O)c(Br)c(C)c1Br. The largest absolute Gasteiger partial charge is 0.310 e. The molecule has 17 heavy (non-hydrogen) atoms. The lowest BCUT2D eigenvalue weighted by Gasteiger charge is -2.20. The minimum Gasteiger partial charge on any atom is -0.310 e. The van der Waals surface area contributed by atoms with Gasteiger partial charge in [0.05, 0.1) is 11.1 Å². The van der Waals surface area contributed by atoms with Crippen molar-refractivity contribution in [1.29, 1.82) is 0 Å². The molecule has 0 spiro atoms. The van der Waals surface area contributed by atoms with Gasteiger partial charge < -0.3 is 4.90 Å². The minimum atomic E-state index is -0.0846. The molecule has 0 N–H and O–H groups in total. The highest BCUT2D eigenvalue weighted by molar-refractivity contribution is 9.11. The molecule has 2 rings (SSSR count). The Morgan fingerprint density at radius 2 is 2.00 bits per heavy atom. The molecule has 1 unspecified atom stereocenters. The van der Waals surface area contributed by atoms with E-state index in [1.165, 1.54) is 0 Å². The molecular weight excluding hydrogens is 369 g/mol. The number of carbonyl (C=O) groups is 1. The van der Waals surface area contributed by atoms with Gasteiger partial charge >= 0.3 is 0 Å². The number of hydrogen-bond donors (Lipinski definition) is 0. The molecule has 1 saturated heterocycles. The van der Waals surface area contributed by atoms with Gasteiger partial charge in [0.25, 0.3) is 0 Å². The van der Waals surface area contributed by atoms with Crippen molar-refractivity contribution in [2.24, 2.45) is 0 Å². The van der Waals surface area contributed by atoms with E-state index in [2.05, 4.69) is 31.9 Å². The number of anilines is 1. The topological polar surface area (TPSA) is 20.3 Å². The molecule has 1 fully saturated rings. The molecule has 0 aliphatic carbocycles. The third kappa shape index (κ3) is 2.40. The highest BCUT2D eigenvalue weighted by atomic mass is 79.9. The first-order chi connectivity index (χ1) is 7.91. The van der Waals surface area contributed by atoms with E-state index in [1.54, 1.807) is 4.90 Å². The third-order valence-electron chi connectivity index (χ3n) is 2.95. The molecule has 1 aliphatic rings. The molecule has 0 radical (unpaired) electrons. The van der Waals surface area contributed by atoms with E-state index >= 15 is 0 Å². The van der Waals surface area contributed by atoms with Crippen molar-refractivity contribution in [2.45, 2.75) is 25.6 Å². The molecule has 2 nitrogen and oxygen atoms in total. The molecule has 1 atom stereocenters. The molecule has 92 valence electrons. The van der Waals surface area contributed by atoms with E-state index in [4.69, 9.17) is 11.6 Å². The number of amides is 1. The third-order valence-corrected chi connectivity index (χ3v) is 5.46. The van der Waals surface area contributed by atoms with Crippen LogP contribution in [-0.4, -0.2) is 17.8 Å². The number of carbonyl (C=O) groups excluding carboxylic acids is 1. The lowest BCUT2D eigenvalue weighted by molar-refractivity contribution is -0.117. The summed E-state index contributed by atoms with van der Waals surface area (Å²) < 4.78 is 2.02. The van der Waals surface area contributed by atoms with Crippen LogP contribution >= 0.6 is 43.5 Å². The summed E-state index contributed by atoms with van der Waals surface area (Å²) in [5.74, 6) is 0.0897. The molecular formula is C12H12Br2ClNO. The van der Waals surface area contributed by atoms with Gasteiger partial charge in [-0.25, -0.2) is 0 Å². The van der Waals surface area contributed by atoms with E-state index in [0.29, 0.717) is 13.0 Å². The summed E-state index contributed by atoms with van der Waals surface area (Å²) in [5, 5.41) is -0.0846. The second kappa shape index (κ2) is 4.90. The molecule has 1 heterocycles. The van der Waals surface area contributed by atoms with E-state index in [1.807, 2.05) is 19.9 Å². The monoisotopic (exact) mass is 379 g/mol. The van der Waals surface area contributed by atoms with Crippen LogP contribution in [0.4, 0.5) is 5.69 Å². The van der Waals surface area contributed by atoms with Crippen molar-refractivity contribution < 1.29 is 4.79 Å². The first-order valence-corrected chi connectivity index (χ1v) is 7.33. The van der Waals surface area contributed by atoms with Gasteiger partial charge in [0.15, 0.2) is 0 Å². The molecule has 1 amide bonds. The predicted octanol–water partition coefficient (Wildman–Crippen LogP) is 4.17. The van der Waals surface area contributed by atoms with E-state index < -0.39 is 0 Å². The van der Waals surface area contributed by atoms with E-state index in [-0.39, 0.29) is 11.3 Å². The fourth-order valence-electron chi connectivity index (χ4n) is 2.01. The van der Waals surface area contributed by atoms with Crippen LogP contribution in [0.15, 0.2) is 15.0 Å². The van der Waals surface area contributed by atoms with Gasteiger partial charge in [0.2, 0.25) is 5.91 Å². The zero-order valence-electron chi connectivity index (χ0n) is 9.56. The number of benzene rings is 1. The lowest BCUT2D eigenvalue weighted by Crippen LogP contribution is -2.25. The molecule has 0 bridgehead atoms. The Labute approximate surface area is 123 Å². The van der Waals surface area contributed by atoms with Gasteiger partial charge in [0, 0.05) is 21.9 Å². The van der Waals surface area contributed by atoms with Crippen LogP contribution in [0.3, 0.4) is 0 Å². The zero-order valence-corrected chi connectivity index (χ0v) is 13.5. The molecule has 1 aromatic rings. The maximum absolute atomic E-state index is 11.9. The number of alkyl halides is 1. The molecule has 0 aromatic heterocycles. The summed E-state index contributed by atoms with van der Waals surface area (Å²) in [4.78, 5) is 13.6. The summed E-state index contributed by atoms with van der Waals surface area (Å²) in [6, 6.07) is 2.01. The number of nitrogens with zero attached hydrogens (tertiary/aromatic N) is 1. The molecule has 5 heteroatoms. The standard InChI is InChI=1S/C12H12Br2ClNO/c1-6-3-9(12(14)7(2)11(6)13)16-5-8(15)4-10(16)17/h3,8H,4-5H2,1-2H3. The van der Waals surface area contributed by atoms with Crippen LogP contribution in [-0.2, 0) is 4.79 Å². The summed E-state index contributed by atoms with van der Waals surface area (Å²) >= 11 is 13.1. The van der Waals surface area contributed by atoms with Gasteiger partial charge in [-0.2, -0.15) is 0 Å². The van der Waals surface area contributed by atoms with Crippen LogP contribution in [0.2, 0.25) is 0 Å². The van der Waals surface area contributed by atoms with Gasteiger partial charge in [-0.15, -0.1) is 11.6 Å². The maximum atomic E-state index is 11.9. The van der Waals surface area contributed by atoms with Gasteiger partial charge in [-0.1, -0.05) is 15.9 Å². The van der Waals surface area contributed by atoms with Crippen LogP contribution in [0.5, 0.6) is 0 Å². The van der Waals surface area contributed by atoms with Crippen molar-refractivity contribution in [2.75, 3.05) is 11.4 Å². The number of rotatable bonds is 1. The second-order valence-corrected chi connectivity index (χ2v) is 6.47. The lowest BCUT2D eigenvalue weighted by atomic mass is 10.1. The van der Waals surface area contributed by atoms with Crippen LogP contribution in [0, 0.1) is 13.8 Å². The predicted molar refractivity (Wildman–Crippen MR) is 77.9 cm³/mol. The quantitative estimate of drug-likeness (QED) is 0.669. The zero-order chi connectivity index (χ0) is 12.7. The maximum Gasteiger partial charge on any atom is 0.228 e. The van der Waals surface area contributed by atoms with Crippen molar-refractivity contribution in [3.8, 4) is 0 Å². The fraction of sp³-hybridized carbons (Fsp3) is 0.417. The molecule has 0 saturated carbocycles. The van der Waals surface area contributed by atoms with Gasteiger partial charge in [-0.05, 0) is 47.0 Å². The molecule has 1 aliphatic heterocycles. The Morgan fingerprint density at radius 1 is 1.35 bits per heavy atom. The first kappa shape index (κ1) is 13.4. The van der Waals surface area contributed by atoms with Gasteiger partial charge in [-0.3, -0.25) is 4.79 Å². The Hall–Kier alpha value is -0.0600. The van der Waals surface area contributed by atoms with Gasteiger partial charge in [0.1, 0.15) is 0 Å². The first-order valence-electron chi connectivity index (χ1n) is 5.31. The van der Waals surface area contributed by atoms with Crippen LogP contribution in [0.1, 0.15) is 17.5 Å². The van der Waals surface area contributed by atoms with E-state index in [9.17, 15) is 4.79 Å². The highest BCUT2D eigenvalue weighted by Gasteiger charge is 2.31.